The van der Waals surface area contributed by atoms with Crippen LogP contribution in [0.15, 0.2) is 90.6 Å². The van der Waals surface area contributed by atoms with Crippen molar-refractivity contribution in [2.45, 2.75) is 28.2 Å². The van der Waals surface area contributed by atoms with E-state index in [0.29, 0.717) is 42.1 Å². The number of aromatic hydroxyl groups is 2. The predicted molar refractivity (Wildman–Crippen MR) is 207 cm³/mol. The van der Waals surface area contributed by atoms with Crippen LogP contribution in [-0.2, 0) is 14.4 Å². The van der Waals surface area contributed by atoms with Gasteiger partial charge in [0.25, 0.3) is 17.8 Å². The maximum atomic E-state index is 13.0. The molecule has 6 amide bonds. The summed E-state index contributed by atoms with van der Waals surface area (Å²) in [6.45, 7) is 5.52. The number of carboxylic acids is 1. The molecule has 18 heteroatoms. The average Bonchev–Trinajstić information content (AvgIpc) is 3.63. The molecule has 304 valence electrons. The Balaban J connectivity index is 0.000000432. The van der Waals surface area contributed by atoms with Crippen LogP contribution in [0, 0.1) is 11.6 Å². The number of phenols is 2. The van der Waals surface area contributed by atoms with E-state index in [1.807, 2.05) is 6.92 Å². The zero-order valence-corrected chi connectivity index (χ0v) is 30.3. The van der Waals surface area contributed by atoms with E-state index in [2.05, 4.69) is 10.6 Å². The molecule has 2 aliphatic heterocycles. The van der Waals surface area contributed by atoms with Crippen LogP contribution < -0.4 is 36.1 Å². The third-order valence-corrected chi connectivity index (χ3v) is 6.91. The topological polar surface area (TPSA) is 247 Å². The van der Waals surface area contributed by atoms with Crippen molar-refractivity contribution in [3.05, 3.63) is 113 Å². The van der Waals surface area contributed by atoms with Crippen LogP contribution in [0.3, 0.4) is 0 Å². The van der Waals surface area contributed by atoms with E-state index in [1.54, 1.807) is 19.1 Å². The maximum absolute atomic E-state index is 13.0. The molecule has 16 nitrogen and oxygen atoms in total. The zero-order chi connectivity index (χ0) is 40.7. The molecule has 2 aliphatic rings. The summed E-state index contributed by atoms with van der Waals surface area (Å²) >= 11 is 0. The van der Waals surface area contributed by atoms with Crippen molar-refractivity contribution >= 4 is 53.6 Å². The fourth-order valence-electron chi connectivity index (χ4n) is 4.57. The minimum atomic E-state index is -0.833. The van der Waals surface area contributed by atoms with Crippen molar-refractivity contribution in [2.75, 3.05) is 29.6 Å². The molecule has 0 unspecified atom stereocenters. The lowest BCUT2D eigenvalue weighted by Gasteiger charge is -2.11. The van der Waals surface area contributed by atoms with E-state index in [4.69, 9.17) is 19.4 Å². The smallest absolute Gasteiger partial charge is 0.333 e. The number of aliphatic carboxylic acids is 1. The number of anilines is 2. The lowest BCUT2D eigenvalue weighted by molar-refractivity contribution is -0.134. The summed E-state index contributed by atoms with van der Waals surface area (Å²) in [5.74, 6) is -1.91. The van der Waals surface area contributed by atoms with E-state index < -0.39 is 35.6 Å². The van der Waals surface area contributed by atoms with Crippen molar-refractivity contribution in [1.82, 2.24) is 16.8 Å². The number of urea groups is 2. The van der Waals surface area contributed by atoms with Crippen LogP contribution in [0.5, 0.6) is 23.0 Å². The average molecular weight is 796 g/mol. The Bertz CT molecular complexity index is 2040. The fraction of sp³-hybridized carbons (Fsp3) is 0.179. The van der Waals surface area contributed by atoms with Gasteiger partial charge < -0.3 is 41.6 Å². The molecule has 4 aromatic carbocycles. The largest absolute Gasteiger partial charge is 0.504 e. The number of amides is 6. The summed E-state index contributed by atoms with van der Waals surface area (Å²) in [7, 11) is 0. The van der Waals surface area contributed by atoms with Crippen molar-refractivity contribution in [3.63, 3.8) is 0 Å². The molecular formula is C39H43F2N5O11. The number of halogens is 2. The predicted octanol–water partition coefficient (Wildman–Crippen LogP) is 6.40. The third kappa shape index (κ3) is 13.8. The Morgan fingerprint density at radius 2 is 1.19 bits per heavy atom. The fourth-order valence-corrected chi connectivity index (χ4v) is 4.57. The quantitative estimate of drug-likeness (QED) is 0.0644. The Labute approximate surface area is 326 Å². The van der Waals surface area contributed by atoms with Gasteiger partial charge in [-0.25, -0.2) is 28.2 Å². The van der Waals surface area contributed by atoms with Gasteiger partial charge in [0.15, 0.2) is 23.0 Å². The molecule has 6 rings (SSSR count). The summed E-state index contributed by atoms with van der Waals surface area (Å²) in [6.07, 6.45) is 2.19. The van der Waals surface area contributed by atoms with Gasteiger partial charge >= 0.3 is 12.1 Å². The lowest BCUT2D eigenvalue weighted by Crippen LogP contribution is -2.30. The van der Waals surface area contributed by atoms with E-state index in [1.165, 1.54) is 78.9 Å². The Morgan fingerprint density at radius 1 is 0.754 bits per heavy atom. The second kappa shape index (κ2) is 22.8. The number of carbonyl (C=O) groups is 6. The first-order valence-electron chi connectivity index (χ1n) is 16.2. The SMILES string of the molecule is C.CC(=O)O.CCOc1cc(/C=C2\NC(=O)N(c3ccc(F)cc3)C2=O)ccc1O.CCOc1cc(C=O)ccc1O.N.O=C1CNC(=O)N1c1ccc(F)cc1. The number of hydrogen-bond donors (Lipinski definition) is 6. The number of carbonyl (C=O) groups excluding carboxylic acids is 5. The minimum Gasteiger partial charge on any atom is -0.504 e. The zero-order valence-electron chi connectivity index (χ0n) is 30.3. The number of nitrogens with one attached hydrogen (secondary N) is 2. The summed E-state index contributed by atoms with van der Waals surface area (Å²) in [5.41, 5.74) is 1.80. The molecule has 0 aromatic heterocycles. The van der Waals surface area contributed by atoms with Gasteiger partial charge in [-0.2, -0.15) is 0 Å². The molecule has 0 aliphatic carbocycles. The summed E-state index contributed by atoms with van der Waals surface area (Å²) < 4.78 is 35.9. The van der Waals surface area contributed by atoms with Crippen molar-refractivity contribution < 1.29 is 62.3 Å². The van der Waals surface area contributed by atoms with Gasteiger partial charge in [-0.3, -0.25) is 19.2 Å². The minimum absolute atomic E-state index is 0. The first kappa shape index (κ1) is 47.7. The van der Waals surface area contributed by atoms with Gasteiger partial charge in [0.1, 0.15) is 23.6 Å². The first-order chi connectivity index (χ1) is 26.2. The van der Waals surface area contributed by atoms with Gasteiger partial charge in [0.2, 0.25) is 0 Å². The van der Waals surface area contributed by atoms with Gasteiger partial charge in [-0.15, -0.1) is 0 Å². The number of hydrogen-bond acceptors (Lipinski definition) is 11. The normalized spacial score (nSPS) is 13.2. The number of ether oxygens (including phenoxy) is 2. The third-order valence-electron chi connectivity index (χ3n) is 6.91. The van der Waals surface area contributed by atoms with Gasteiger partial charge in [-0.05, 0) is 104 Å². The van der Waals surface area contributed by atoms with Crippen molar-refractivity contribution in [2.24, 2.45) is 0 Å². The van der Waals surface area contributed by atoms with E-state index >= 15 is 0 Å². The molecule has 57 heavy (non-hydrogen) atoms. The number of imide groups is 2. The summed E-state index contributed by atoms with van der Waals surface area (Å²) in [4.78, 5) is 68.2. The highest BCUT2D eigenvalue weighted by molar-refractivity contribution is 6.28. The van der Waals surface area contributed by atoms with Crippen LogP contribution in [0.1, 0.15) is 44.1 Å². The van der Waals surface area contributed by atoms with Crippen molar-refractivity contribution in [1.29, 1.82) is 0 Å². The number of benzene rings is 4. The highest BCUT2D eigenvalue weighted by Gasteiger charge is 2.35. The van der Waals surface area contributed by atoms with Gasteiger partial charge in [0, 0.05) is 12.5 Å². The number of carboxylic acid groups (broad SMARTS) is 1. The molecule has 0 radical (unpaired) electrons. The second-order valence-corrected chi connectivity index (χ2v) is 10.9. The first-order valence-corrected chi connectivity index (χ1v) is 16.2. The van der Waals surface area contributed by atoms with Crippen LogP contribution >= 0.6 is 0 Å². The number of rotatable bonds is 8. The molecule has 0 atom stereocenters. The number of phenolic OH excluding ortho intramolecular Hbond substituents is 2. The Morgan fingerprint density at radius 3 is 1.61 bits per heavy atom. The van der Waals surface area contributed by atoms with Gasteiger partial charge in [0.05, 0.1) is 31.1 Å². The molecular weight excluding hydrogens is 752 g/mol. The maximum Gasteiger partial charge on any atom is 0.333 e. The van der Waals surface area contributed by atoms with E-state index in [0.717, 1.165) is 16.7 Å². The van der Waals surface area contributed by atoms with Crippen LogP contribution in [0.2, 0.25) is 0 Å². The number of nitrogens with zero attached hydrogens (tertiary/aromatic N) is 2. The Kier molecular flexibility index (Phi) is 19.1. The molecule has 2 heterocycles. The highest BCUT2D eigenvalue weighted by Crippen LogP contribution is 2.29. The monoisotopic (exact) mass is 795 g/mol. The molecule has 8 N–H and O–H groups in total. The second-order valence-electron chi connectivity index (χ2n) is 10.9. The highest BCUT2D eigenvalue weighted by atomic mass is 19.1. The molecule has 0 bridgehead atoms. The Hall–Kier alpha value is -7.34. The van der Waals surface area contributed by atoms with Crippen LogP contribution in [0.25, 0.3) is 6.08 Å². The van der Waals surface area contributed by atoms with Crippen molar-refractivity contribution in [3.8, 4) is 23.0 Å². The number of aldehydes is 1. The molecule has 2 fully saturated rings. The molecule has 2 saturated heterocycles. The van der Waals surface area contributed by atoms with Crippen LogP contribution in [0.4, 0.5) is 29.7 Å². The lowest BCUT2D eigenvalue weighted by atomic mass is 10.1. The standard InChI is InChI=1S/C18H15FN2O4.C9H7FN2O2.C9H10O3.C2H4O2.CH4.H3N/c1-2-25-16-10-11(3-8-15(16)22)9-14-17(23)21(18(24)20-14)13-6-4-12(19)5-7-13;10-6-1-3-7(4-2-6)12-8(13)5-11-9(12)14;1-2-12-9-5-7(6-10)3-4-8(9)11;1-2(3)4;;/h3-10,22H,2H2,1H3,(H,20,24);1-4H,5H2,(H,11,14);3-6,11H,2H2,1H3;1H3,(H,3,4);1H4;1H3/b14-9-;;;;;. The van der Waals surface area contributed by atoms with E-state index in [-0.39, 0.29) is 54.7 Å². The van der Waals surface area contributed by atoms with Gasteiger partial charge in [-0.1, -0.05) is 13.5 Å². The van der Waals surface area contributed by atoms with Crippen LogP contribution in [-0.4, -0.2) is 71.2 Å². The van der Waals surface area contributed by atoms with E-state index in [9.17, 15) is 43.0 Å². The summed E-state index contributed by atoms with van der Waals surface area (Å²) in [6, 6.07) is 18.2. The molecule has 4 aromatic rings. The molecule has 0 saturated carbocycles. The summed E-state index contributed by atoms with van der Waals surface area (Å²) in [5, 5.41) is 31.2. The molecule has 0 spiro atoms.